The molecule has 0 bridgehead atoms. The van der Waals surface area contributed by atoms with E-state index in [0.29, 0.717) is 6.42 Å². The van der Waals surface area contributed by atoms with Crippen LogP contribution in [0.5, 0.6) is 0 Å². The Morgan fingerprint density at radius 3 is 2.65 bits per heavy atom. The zero-order valence-corrected chi connectivity index (χ0v) is 13.3. The molecular formula is C20H20N2O. The van der Waals surface area contributed by atoms with Crippen molar-refractivity contribution in [3.8, 4) is 11.3 Å². The Morgan fingerprint density at radius 2 is 1.78 bits per heavy atom. The van der Waals surface area contributed by atoms with E-state index in [1.807, 2.05) is 54.6 Å². The van der Waals surface area contributed by atoms with Gasteiger partial charge in [0.05, 0.1) is 16.9 Å². The summed E-state index contributed by atoms with van der Waals surface area (Å²) in [4.78, 5) is 16.8. The molecule has 0 unspecified atom stereocenters. The number of benzene rings is 2. The number of fused-ring (bicyclic) bond motifs is 1. The highest BCUT2D eigenvalue weighted by atomic mass is 16.1. The van der Waals surface area contributed by atoms with Crippen molar-refractivity contribution in [2.45, 2.75) is 26.2 Å². The van der Waals surface area contributed by atoms with Gasteiger partial charge in [0.25, 0.3) is 0 Å². The molecular weight excluding hydrogens is 284 g/mol. The van der Waals surface area contributed by atoms with Crippen molar-refractivity contribution in [1.82, 2.24) is 4.98 Å². The third-order valence-corrected chi connectivity index (χ3v) is 3.83. The first-order valence-corrected chi connectivity index (χ1v) is 8.03. The number of para-hydroxylation sites is 2. The van der Waals surface area contributed by atoms with Gasteiger partial charge in [0.1, 0.15) is 0 Å². The van der Waals surface area contributed by atoms with Crippen molar-refractivity contribution in [3.63, 3.8) is 0 Å². The summed E-state index contributed by atoms with van der Waals surface area (Å²) >= 11 is 0. The van der Waals surface area contributed by atoms with Gasteiger partial charge in [0, 0.05) is 17.4 Å². The zero-order valence-electron chi connectivity index (χ0n) is 13.3. The second-order valence-corrected chi connectivity index (χ2v) is 5.59. The molecule has 0 saturated heterocycles. The molecule has 0 aliphatic heterocycles. The van der Waals surface area contributed by atoms with Crippen molar-refractivity contribution in [3.05, 3.63) is 60.7 Å². The maximum Gasteiger partial charge on any atom is 0.224 e. The standard InChI is InChI=1S/C20H20N2O/c1-2-3-12-20(23)22-18-11-7-5-9-16(18)19-14-13-15-8-4-6-10-17(15)21-19/h4-11,13-14H,2-3,12H2,1H3,(H,22,23). The third-order valence-electron chi connectivity index (χ3n) is 3.83. The molecule has 3 rings (SSSR count). The van der Waals surface area contributed by atoms with Crippen LogP contribution >= 0.6 is 0 Å². The largest absolute Gasteiger partial charge is 0.325 e. The van der Waals surface area contributed by atoms with Crippen molar-refractivity contribution in [2.75, 3.05) is 5.32 Å². The van der Waals surface area contributed by atoms with E-state index in [4.69, 9.17) is 4.98 Å². The van der Waals surface area contributed by atoms with Crippen molar-refractivity contribution < 1.29 is 4.79 Å². The molecule has 0 saturated carbocycles. The highest BCUT2D eigenvalue weighted by Gasteiger charge is 2.09. The van der Waals surface area contributed by atoms with Gasteiger partial charge in [-0.25, -0.2) is 4.98 Å². The van der Waals surface area contributed by atoms with Crippen LogP contribution in [0.1, 0.15) is 26.2 Å². The van der Waals surface area contributed by atoms with Gasteiger partial charge in [-0.3, -0.25) is 4.79 Å². The lowest BCUT2D eigenvalue weighted by Crippen LogP contribution is -2.11. The van der Waals surface area contributed by atoms with Crippen LogP contribution in [-0.2, 0) is 4.79 Å². The Kier molecular flexibility index (Phi) is 4.67. The predicted molar refractivity (Wildman–Crippen MR) is 95.3 cm³/mol. The minimum atomic E-state index is 0.0556. The maximum absolute atomic E-state index is 12.0. The van der Waals surface area contributed by atoms with E-state index in [2.05, 4.69) is 18.3 Å². The van der Waals surface area contributed by atoms with Crippen molar-refractivity contribution in [1.29, 1.82) is 0 Å². The summed E-state index contributed by atoms with van der Waals surface area (Å²) in [6.07, 6.45) is 2.47. The average Bonchev–Trinajstić information content (AvgIpc) is 2.60. The molecule has 0 fully saturated rings. The SMILES string of the molecule is CCCCC(=O)Nc1ccccc1-c1ccc2ccccc2n1. The molecule has 0 aliphatic carbocycles. The van der Waals surface area contributed by atoms with Crippen LogP contribution in [-0.4, -0.2) is 10.9 Å². The predicted octanol–water partition coefficient (Wildman–Crippen LogP) is 5.03. The average molecular weight is 304 g/mol. The summed E-state index contributed by atoms with van der Waals surface area (Å²) in [5, 5.41) is 4.12. The van der Waals surface area contributed by atoms with E-state index in [1.165, 1.54) is 0 Å². The highest BCUT2D eigenvalue weighted by Crippen LogP contribution is 2.28. The molecule has 2 aromatic carbocycles. The number of unbranched alkanes of at least 4 members (excludes halogenated alkanes) is 1. The number of nitrogens with zero attached hydrogens (tertiary/aromatic N) is 1. The van der Waals surface area contributed by atoms with Crippen molar-refractivity contribution in [2.24, 2.45) is 0 Å². The molecule has 3 heteroatoms. The molecule has 1 N–H and O–H groups in total. The number of carbonyl (C=O) groups is 1. The van der Waals surface area contributed by atoms with Crippen LogP contribution in [0.4, 0.5) is 5.69 Å². The summed E-state index contributed by atoms with van der Waals surface area (Å²) in [7, 11) is 0. The first-order chi connectivity index (χ1) is 11.3. The summed E-state index contributed by atoms with van der Waals surface area (Å²) in [5.41, 5.74) is 3.59. The summed E-state index contributed by atoms with van der Waals surface area (Å²) < 4.78 is 0. The molecule has 23 heavy (non-hydrogen) atoms. The number of hydrogen-bond acceptors (Lipinski definition) is 2. The van der Waals surface area contributed by atoms with E-state index in [1.54, 1.807) is 0 Å². The molecule has 3 aromatic rings. The molecule has 1 amide bonds. The highest BCUT2D eigenvalue weighted by molar-refractivity contribution is 5.95. The monoisotopic (exact) mass is 304 g/mol. The summed E-state index contributed by atoms with van der Waals surface area (Å²) in [6.45, 7) is 2.08. The molecule has 0 radical (unpaired) electrons. The normalized spacial score (nSPS) is 10.7. The fraction of sp³-hybridized carbons (Fsp3) is 0.200. The molecule has 0 atom stereocenters. The lowest BCUT2D eigenvalue weighted by atomic mass is 10.1. The Labute approximate surface area is 136 Å². The first-order valence-electron chi connectivity index (χ1n) is 8.03. The Bertz CT molecular complexity index is 826. The minimum Gasteiger partial charge on any atom is -0.325 e. The van der Waals surface area contributed by atoms with Crippen LogP contribution in [0.15, 0.2) is 60.7 Å². The summed E-state index contributed by atoms with van der Waals surface area (Å²) in [5.74, 6) is 0.0556. The number of nitrogens with one attached hydrogen (secondary N) is 1. The Morgan fingerprint density at radius 1 is 1.00 bits per heavy atom. The molecule has 1 heterocycles. The van der Waals surface area contributed by atoms with Gasteiger partial charge in [-0.05, 0) is 24.6 Å². The fourth-order valence-corrected chi connectivity index (χ4v) is 2.58. The lowest BCUT2D eigenvalue weighted by molar-refractivity contribution is -0.116. The quantitative estimate of drug-likeness (QED) is 0.718. The number of pyridine rings is 1. The molecule has 1 aromatic heterocycles. The number of hydrogen-bond donors (Lipinski definition) is 1. The zero-order chi connectivity index (χ0) is 16.1. The Hall–Kier alpha value is -2.68. The number of anilines is 1. The number of rotatable bonds is 5. The van der Waals surface area contributed by atoms with E-state index >= 15 is 0 Å². The van der Waals surface area contributed by atoms with Crippen molar-refractivity contribution >= 4 is 22.5 Å². The van der Waals surface area contributed by atoms with Gasteiger partial charge in [-0.15, -0.1) is 0 Å². The third kappa shape index (κ3) is 3.57. The van der Waals surface area contributed by atoms with E-state index in [9.17, 15) is 4.79 Å². The van der Waals surface area contributed by atoms with Crippen LogP contribution in [0.2, 0.25) is 0 Å². The van der Waals surface area contributed by atoms with Crippen LogP contribution < -0.4 is 5.32 Å². The minimum absolute atomic E-state index is 0.0556. The fourth-order valence-electron chi connectivity index (χ4n) is 2.58. The van der Waals surface area contributed by atoms with E-state index < -0.39 is 0 Å². The first kappa shape index (κ1) is 15.2. The molecule has 116 valence electrons. The molecule has 0 aliphatic rings. The van der Waals surface area contributed by atoms with E-state index in [0.717, 1.165) is 40.7 Å². The number of carbonyl (C=O) groups excluding carboxylic acids is 1. The van der Waals surface area contributed by atoms with Gasteiger partial charge < -0.3 is 5.32 Å². The van der Waals surface area contributed by atoms with Crippen LogP contribution in [0.3, 0.4) is 0 Å². The summed E-state index contributed by atoms with van der Waals surface area (Å²) in [6, 6.07) is 19.9. The topological polar surface area (TPSA) is 42.0 Å². The van der Waals surface area contributed by atoms with Gasteiger partial charge in [0.15, 0.2) is 0 Å². The second-order valence-electron chi connectivity index (χ2n) is 5.59. The van der Waals surface area contributed by atoms with Crippen LogP contribution in [0, 0.1) is 0 Å². The number of aromatic nitrogens is 1. The van der Waals surface area contributed by atoms with Gasteiger partial charge >= 0.3 is 0 Å². The molecule has 0 spiro atoms. The van der Waals surface area contributed by atoms with Gasteiger partial charge in [-0.2, -0.15) is 0 Å². The second kappa shape index (κ2) is 7.05. The smallest absolute Gasteiger partial charge is 0.224 e. The van der Waals surface area contributed by atoms with E-state index in [-0.39, 0.29) is 5.91 Å². The molecule has 3 nitrogen and oxygen atoms in total. The van der Waals surface area contributed by atoms with Crippen LogP contribution in [0.25, 0.3) is 22.2 Å². The number of amides is 1. The van der Waals surface area contributed by atoms with Gasteiger partial charge in [-0.1, -0.05) is 55.8 Å². The maximum atomic E-state index is 12.0. The van der Waals surface area contributed by atoms with Gasteiger partial charge in [0.2, 0.25) is 5.91 Å². The Balaban J connectivity index is 1.93. The lowest BCUT2D eigenvalue weighted by Gasteiger charge is -2.11.